The van der Waals surface area contributed by atoms with Gasteiger partial charge in [0.05, 0.1) is 30.3 Å². The molecule has 8 nitrogen and oxygen atoms in total. The van der Waals surface area contributed by atoms with E-state index in [1.807, 2.05) is 0 Å². The van der Waals surface area contributed by atoms with Crippen LogP contribution in [0.3, 0.4) is 0 Å². The molecule has 0 radical (unpaired) electrons. The SMILES string of the molecule is COc1ccccc1C(=O)N=Nc1ccc(NOC(=O)c2ccco2)cc1. The maximum absolute atomic E-state index is 12.1. The predicted octanol–water partition coefficient (Wildman–Crippen LogP) is 4.40. The molecule has 136 valence electrons. The van der Waals surface area contributed by atoms with Crippen LogP contribution in [0.5, 0.6) is 5.75 Å². The molecule has 8 heteroatoms. The van der Waals surface area contributed by atoms with Crippen LogP contribution in [-0.2, 0) is 4.84 Å². The highest BCUT2D eigenvalue weighted by molar-refractivity contribution is 5.97. The van der Waals surface area contributed by atoms with Gasteiger partial charge in [-0.3, -0.25) is 4.79 Å². The summed E-state index contributed by atoms with van der Waals surface area (Å²) in [5.41, 5.74) is 3.80. The highest BCUT2D eigenvalue weighted by Crippen LogP contribution is 2.21. The number of azo groups is 1. The van der Waals surface area contributed by atoms with E-state index in [9.17, 15) is 9.59 Å². The van der Waals surface area contributed by atoms with Crippen molar-refractivity contribution < 1.29 is 23.6 Å². The van der Waals surface area contributed by atoms with Crippen molar-refractivity contribution in [3.8, 4) is 5.75 Å². The van der Waals surface area contributed by atoms with Gasteiger partial charge < -0.3 is 14.0 Å². The van der Waals surface area contributed by atoms with E-state index in [1.54, 1.807) is 54.6 Å². The largest absolute Gasteiger partial charge is 0.496 e. The molecule has 1 N–H and O–H groups in total. The Morgan fingerprint density at radius 2 is 1.78 bits per heavy atom. The van der Waals surface area contributed by atoms with Crippen molar-refractivity contribution in [3.63, 3.8) is 0 Å². The number of furan rings is 1. The minimum atomic E-state index is -0.647. The molecule has 0 saturated carbocycles. The number of anilines is 1. The molecule has 0 aliphatic heterocycles. The van der Waals surface area contributed by atoms with Crippen LogP contribution in [0, 0.1) is 0 Å². The Morgan fingerprint density at radius 1 is 1.00 bits per heavy atom. The number of amides is 1. The van der Waals surface area contributed by atoms with E-state index in [1.165, 1.54) is 19.4 Å². The predicted molar refractivity (Wildman–Crippen MR) is 96.0 cm³/mol. The van der Waals surface area contributed by atoms with Gasteiger partial charge in [-0.05, 0) is 48.5 Å². The molecule has 27 heavy (non-hydrogen) atoms. The molecule has 0 saturated heterocycles. The van der Waals surface area contributed by atoms with E-state index in [-0.39, 0.29) is 5.76 Å². The number of hydrogen-bond acceptors (Lipinski definition) is 7. The Kier molecular flexibility index (Phi) is 5.58. The molecule has 0 unspecified atom stereocenters. The normalized spacial score (nSPS) is 10.6. The average molecular weight is 365 g/mol. The number of methoxy groups -OCH3 is 1. The minimum Gasteiger partial charge on any atom is -0.496 e. The zero-order valence-corrected chi connectivity index (χ0v) is 14.3. The molecule has 1 aromatic heterocycles. The lowest BCUT2D eigenvalue weighted by molar-refractivity contribution is 0.0560. The number of para-hydroxylation sites is 1. The first-order valence-corrected chi connectivity index (χ1v) is 7.87. The molecule has 3 rings (SSSR count). The summed E-state index contributed by atoms with van der Waals surface area (Å²) in [5.74, 6) is -0.643. The molecule has 0 aliphatic rings. The van der Waals surface area contributed by atoms with Gasteiger partial charge in [0.1, 0.15) is 5.75 Å². The number of rotatable bonds is 6. The van der Waals surface area contributed by atoms with Crippen LogP contribution >= 0.6 is 0 Å². The summed E-state index contributed by atoms with van der Waals surface area (Å²) < 4.78 is 10.1. The van der Waals surface area contributed by atoms with E-state index in [0.717, 1.165) is 0 Å². The second kappa shape index (κ2) is 8.43. The molecule has 2 aromatic carbocycles. The van der Waals surface area contributed by atoms with E-state index < -0.39 is 11.9 Å². The van der Waals surface area contributed by atoms with Crippen LogP contribution in [0.4, 0.5) is 11.4 Å². The van der Waals surface area contributed by atoms with E-state index >= 15 is 0 Å². The number of nitrogens with zero attached hydrogens (tertiary/aromatic N) is 2. The molecule has 0 aliphatic carbocycles. The Bertz CT molecular complexity index is 950. The van der Waals surface area contributed by atoms with Gasteiger partial charge in [0.2, 0.25) is 5.76 Å². The van der Waals surface area contributed by atoms with Crippen molar-refractivity contribution in [2.75, 3.05) is 12.6 Å². The maximum atomic E-state index is 12.1. The summed E-state index contributed by atoms with van der Waals surface area (Å²) in [7, 11) is 1.48. The highest BCUT2D eigenvalue weighted by Gasteiger charge is 2.11. The number of nitrogens with one attached hydrogen (secondary N) is 1. The van der Waals surface area contributed by atoms with Gasteiger partial charge in [0.15, 0.2) is 0 Å². The van der Waals surface area contributed by atoms with Gasteiger partial charge in [0.25, 0.3) is 5.91 Å². The summed E-state index contributed by atoms with van der Waals surface area (Å²) in [5, 5.41) is 7.60. The molecule has 3 aromatic rings. The van der Waals surface area contributed by atoms with Crippen molar-refractivity contribution in [1.29, 1.82) is 0 Å². The number of hydrogen-bond donors (Lipinski definition) is 1. The molecule has 0 spiro atoms. The van der Waals surface area contributed by atoms with Crippen molar-refractivity contribution in [2.24, 2.45) is 10.2 Å². The fraction of sp³-hybridized carbons (Fsp3) is 0.0526. The Labute approximate surface area is 154 Å². The minimum absolute atomic E-state index is 0.0859. The number of carbonyl (C=O) groups excluding carboxylic acids is 2. The number of carbonyl (C=O) groups is 2. The van der Waals surface area contributed by atoms with Crippen molar-refractivity contribution in [3.05, 3.63) is 78.3 Å². The van der Waals surface area contributed by atoms with Crippen LogP contribution in [0.15, 0.2) is 81.6 Å². The third-order valence-corrected chi connectivity index (χ3v) is 3.44. The molecule has 1 amide bonds. The van der Waals surface area contributed by atoms with Gasteiger partial charge in [0, 0.05) is 0 Å². The summed E-state index contributed by atoms with van der Waals surface area (Å²) in [6, 6.07) is 16.3. The van der Waals surface area contributed by atoms with Gasteiger partial charge in [-0.15, -0.1) is 10.2 Å². The number of benzene rings is 2. The highest BCUT2D eigenvalue weighted by atomic mass is 16.7. The smallest absolute Gasteiger partial charge is 0.398 e. The van der Waals surface area contributed by atoms with Crippen LogP contribution in [-0.4, -0.2) is 19.0 Å². The zero-order chi connectivity index (χ0) is 19.1. The third-order valence-electron chi connectivity index (χ3n) is 3.44. The monoisotopic (exact) mass is 365 g/mol. The second-order valence-corrected chi connectivity index (χ2v) is 5.22. The number of ether oxygens (including phenoxy) is 1. The van der Waals surface area contributed by atoms with E-state index in [2.05, 4.69) is 15.7 Å². The molecule has 0 atom stereocenters. The van der Waals surface area contributed by atoms with Crippen LogP contribution in [0.2, 0.25) is 0 Å². The lowest BCUT2D eigenvalue weighted by atomic mass is 10.2. The van der Waals surface area contributed by atoms with Crippen LogP contribution in [0.25, 0.3) is 0 Å². The van der Waals surface area contributed by atoms with E-state index in [4.69, 9.17) is 14.0 Å². The molecule has 0 bridgehead atoms. The molecular weight excluding hydrogens is 350 g/mol. The lowest BCUT2D eigenvalue weighted by Gasteiger charge is -2.05. The summed E-state index contributed by atoms with van der Waals surface area (Å²) in [6.45, 7) is 0. The van der Waals surface area contributed by atoms with Gasteiger partial charge in [-0.2, -0.15) is 0 Å². The summed E-state index contributed by atoms with van der Waals surface area (Å²) in [4.78, 5) is 28.7. The Balaban J connectivity index is 1.59. The Morgan fingerprint density at radius 3 is 2.48 bits per heavy atom. The second-order valence-electron chi connectivity index (χ2n) is 5.22. The average Bonchev–Trinajstić information content (AvgIpc) is 3.26. The first-order chi connectivity index (χ1) is 13.2. The molecule has 0 fully saturated rings. The van der Waals surface area contributed by atoms with E-state index in [0.29, 0.717) is 22.7 Å². The van der Waals surface area contributed by atoms with Gasteiger partial charge >= 0.3 is 5.97 Å². The third kappa shape index (κ3) is 4.57. The quantitative estimate of drug-likeness (QED) is 0.513. The molecule has 1 heterocycles. The first kappa shape index (κ1) is 17.9. The standard InChI is InChI=1S/C19H15N3O5/c1-25-16-6-3-2-5-15(16)18(23)21-20-13-8-10-14(11-9-13)22-27-19(24)17-7-4-12-26-17/h2-12,22H,1H3. The topological polar surface area (TPSA) is 102 Å². The van der Waals surface area contributed by atoms with Crippen LogP contribution < -0.4 is 10.2 Å². The first-order valence-electron chi connectivity index (χ1n) is 7.87. The van der Waals surface area contributed by atoms with Crippen LogP contribution in [0.1, 0.15) is 20.9 Å². The zero-order valence-electron chi connectivity index (χ0n) is 14.3. The van der Waals surface area contributed by atoms with Gasteiger partial charge in [-0.1, -0.05) is 12.1 Å². The van der Waals surface area contributed by atoms with Crippen molar-refractivity contribution in [1.82, 2.24) is 0 Å². The maximum Gasteiger partial charge on any atom is 0.398 e. The molecular formula is C19H15N3O5. The summed E-state index contributed by atoms with van der Waals surface area (Å²) >= 11 is 0. The Hall–Kier alpha value is -3.94. The summed E-state index contributed by atoms with van der Waals surface area (Å²) in [6.07, 6.45) is 1.38. The van der Waals surface area contributed by atoms with Crippen molar-refractivity contribution in [2.45, 2.75) is 0 Å². The fourth-order valence-corrected chi connectivity index (χ4v) is 2.12. The lowest BCUT2D eigenvalue weighted by Crippen LogP contribution is -2.09. The van der Waals surface area contributed by atoms with Crippen molar-refractivity contribution >= 4 is 23.3 Å². The fourth-order valence-electron chi connectivity index (χ4n) is 2.12. The van der Waals surface area contributed by atoms with Gasteiger partial charge in [-0.25, -0.2) is 10.3 Å².